The molecule has 1 aromatic carbocycles. The fourth-order valence-corrected chi connectivity index (χ4v) is 1.91. The van der Waals surface area contributed by atoms with Gasteiger partial charge in [0.15, 0.2) is 0 Å². The van der Waals surface area contributed by atoms with Crippen LogP contribution in [-0.4, -0.2) is 15.1 Å². The quantitative estimate of drug-likeness (QED) is 0.939. The Bertz CT molecular complexity index is 462. The Morgan fingerprint density at radius 1 is 1.25 bits per heavy atom. The normalized spacial score (nSPS) is 12.4. The topological polar surface area (TPSA) is 46.0 Å². The van der Waals surface area contributed by atoms with E-state index in [2.05, 4.69) is 25.9 Å². The monoisotopic (exact) mass is 278 g/mol. The van der Waals surface area contributed by atoms with Crippen LogP contribution < -0.4 is 0 Å². The molecule has 2 rings (SSSR count). The van der Waals surface area contributed by atoms with Crippen molar-refractivity contribution in [2.45, 2.75) is 12.5 Å². The summed E-state index contributed by atoms with van der Waals surface area (Å²) in [4.78, 5) is 8.01. The van der Waals surface area contributed by atoms with Crippen LogP contribution >= 0.6 is 15.9 Å². The highest BCUT2D eigenvalue weighted by Gasteiger charge is 2.11. The minimum atomic E-state index is -0.618. The van der Waals surface area contributed by atoms with Crippen LogP contribution in [-0.2, 0) is 6.42 Å². The van der Waals surface area contributed by atoms with Crippen molar-refractivity contribution in [1.82, 2.24) is 9.97 Å². The first-order valence-electron chi connectivity index (χ1n) is 4.95. The number of aromatic nitrogens is 2. The third kappa shape index (κ3) is 2.65. The van der Waals surface area contributed by atoms with Gasteiger partial charge in [-0.05, 0) is 11.6 Å². The molecule has 0 aliphatic carbocycles. The van der Waals surface area contributed by atoms with Crippen molar-refractivity contribution in [1.29, 1.82) is 0 Å². The third-order valence-corrected chi connectivity index (χ3v) is 3.07. The molecule has 1 aromatic heterocycles. The second-order valence-electron chi connectivity index (χ2n) is 3.44. The molecule has 2 aromatic rings. The molecule has 16 heavy (non-hydrogen) atoms. The molecule has 82 valence electrons. The van der Waals surface area contributed by atoms with E-state index >= 15 is 0 Å². The Hall–Kier alpha value is -1.26. The first-order valence-corrected chi connectivity index (χ1v) is 5.74. The van der Waals surface area contributed by atoms with Crippen LogP contribution in [0.1, 0.15) is 17.4 Å². The summed E-state index contributed by atoms with van der Waals surface area (Å²) < 4.78 is 0.998. The van der Waals surface area contributed by atoms with Gasteiger partial charge < -0.3 is 5.11 Å². The van der Waals surface area contributed by atoms with Crippen LogP contribution in [0, 0.1) is 0 Å². The van der Waals surface area contributed by atoms with Gasteiger partial charge in [-0.2, -0.15) is 0 Å². The zero-order chi connectivity index (χ0) is 11.4. The Morgan fingerprint density at radius 3 is 2.75 bits per heavy atom. The smallest absolute Gasteiger partial charge is 0.102 e. The Balaban J connectivity index is 2.14. The molecule has 0 aliphatic heterocycles. The standard InChI is InChI=1S/C12H11BrN2O/c13-10-4-2-1-3-9(10)7-12(16)11-8-14-5-6-15-11/h1-6,8,12,16H,7H2. The molecule has 0 fully saturated rings. The highest BCUT2D eigenvalue weighted by molar-refractivity contribution is 9.10. The van der Waals surface area contributed by atoms with Crippen LogP contribution in [0.15, 0.2) is 47.3 Å². The van der Waals surface area contributed by atoms with Crippen molar-refractivity contribution in [3.63, 3.8) is 0 Å². The van der Waals surface area contributed by atoms with Gasteiger partial charge in [0.05, 0.1) is 11.9 Å². The minimum absolute atomic E-state index is 0.528. The van der Waals surface area contributed by atoms with Gasteiger partial charge in [0.1, 0.15) is 6.10 Å². The lowest BCUT2D eigenvalue weighted by Crippen LogP contribution is -2.04. The van der Waals surface area contributed by atoms with Crippen molar-refractivity contribution < 1.29 is 5.11 Å². The maximum absolute atomic E-state index is 9.98. The van der Waals surface area contributed by atoms with Crippen LogP contribution in [0.3, 0.4) is 0 Å². The first-order chi connectivity index (χ1) is 7.77. The molecule has 0 bridgehead atoms. The molecule has 0 saturated heterocycles. The van der Waals surface area contributed by atoms with Crippen LogP contribution in [0.25, 0.3) is 0 Å². The zero-order valence-electron chi connectivity index (χ0n) is 8.55. The highest BCUT2D eigenvalue weighted by Crippen LogP contribution is 2.22. The Kier molecular flexibility index (Phi) is 3.64. The zero-order valence-corrected chi connectivity index (χ0v) is 10.1. The third-order valence-electron chi connectivity index (χ3n) is 2.30. The molecular weight excluding hydrogens is 268 g/mol. The number of aliphatic hydroxyl groups excluding tert-OH is 1. The van der Waals surface area contributed by atoms with E-state index in [0.29, 0.717) is 12.1 Å². The lowest BCUT2D eigenvalue weighted by molar-refractivity contribution is 0.173. The second-order valence-corrected chi connectivity index (χ2v) is 4.30. The van der Waals surface area contributed by atoms with Crippen molar-refractivity contribution in [3.8, 4) is 0 Å². The molecule has 4 heteroatoms. The predicted octanol–water partition coefficient (Wildman–Crippen LogP) is 2.52. The van der Waals surface area contributed by atoms with E-state index in [0.717, 1.165) is 10.0 Å². The van der Waals surface area contributed by atoms with Crippen molar-refractivity contribution in [2.75, 3.05) is 0 Å². The maximum atomic E-state index is 9.98. The van der Waals surface area contributed by atoms with E-state index in [1.165, 1.54) is 0 Å². The van der Waals surface area contributed by atoms with Gasteiger partial charge in [-0.1, -0.05) is 34.1 Å². The number of benzene rings is 1. The van der Waals surface area contributed by atoms with E-state index in [-0.39, 0.29) is 0 Å². The lowest BCUT2D eigenvalue weighted by Gasteiger charge is -2.10. The van der Waals surface area contributed by atoms with Crippen LogP contribution in [0.4, 0.5) is 0 Å². The first kappa shape index (κ1) is 11.2. The molecule has 0 saturated carbocycles. The fourth-order valence-electron chi connectivity index (χ4n) is 1.46. The molecule has 0 radical (unpaired) electrons. The van der Waals surface area contributed by atoms with Gasteiger partial charge in [-0.25, -0.2) is 0 Å². The van der Waals surface area contributed by atoms with Gasteiger partial charge in [0.2, 0.25) is 0 Å². The fraction of sp³-hybridized carbons (Fsp3) is 0.167. The van der Waals surface area contributed by atoms with Gasteiger partial charge in [-0.15, -0.1) is 0 Å². The molecule has 1 atom stereocenters. The average Bonchev–Trinajstić information content (AvgIpc) is 2.33. The summed E-state index contributed by atoms with van der Waals surface area (Å²) in [5.74, 6) is 0. The summed E-state index contributed by atoms with van der Waals surface area (Å²) in [6.45, 7) is 0. The van der Waals surface area contributed by atoms with Crippen molar-refractivity contribution in [2.24, 2.45) is 0 Å². The minimum Gasteiger partial charge on any atom is -0.386 e. The van der Waals surface area contributed by atoms with Crippen molar-refractivity contribution in [3.05, 3.63) is 58.6 Å². The lowest BCUT2D eigenvalue weighted by atomic mass is 10.1. The summed E-state index contributed by atoms with van der Waals surface area (Å²) >= 11 is 3.45. The highest BCUT2D eigenvalue weighted by atomic mass is 79.9. The number of hydrogen-bond donors (Lipinski definition) is 1. The second kappa shape index (κ2) is 5.18. The summed E-state index contributed by atoms with van der Waals surface area (Å²) in [7, 11) is 0. The van der Waals surface area contributed by atoms with Crippen LogP contribution in [0.5, 0.6) is 0 Å². The van der Waals surface area contributed by atoms with E-state index in [4.69, 9.17) is 0 Å². The molecule has 0 amide bonds. The predicted molar refractivity (Wildman–Crippen MR) is 64.8 cm³/mol. The van der Waals surface area contributed by atoms with E-state index < -0.39 is 6.10 Å². The van der Waals surface area contributed by atoms with E-state index in [1.807, 2.05) is 24.3 Å². The van der Waals surface area contributed by atoms with E-state index in [1.54, 1.807) is 18.6 Å². The number of aliphatic hydroxyl groups is 1. The molecule has 1 heterocycles. The summed E-state index contributed by atoms with van der Waals surface area (Å²) in [5.41, 5.74) is 1.65. The average molecular weight is 279 g/mol. The number of nitrogens with zero attached hydrogens (tertiary/aromatic N) is 2. The van der Waals surface area contributed by atoms with Crippen LogP contribution in [0.2, 0.25) is 0 Å². The molecule has 1 unspecified atom stereocenters. The van der Waals surface area contributed by atoms with Gasteiger partial charge in [0.25, 0.3) is 0 Å². The van der Waals surface area contributed by atoms with Gasteiger partial charge >= 0.3 is 0 Å². The maximum Gasteiger partial charge on any atom is 0.102 e. The van der Waals surface area contributed by atoms with E-state index in [9.17, 15) is 5.11 Å². The largest absolute Gasteiger partial charge is 0.386 e. The summed E-state index contributed by atoms with van der Waals surface area (Å²) in [6.07, 6.45) is 4.67. The number of halogens is 1. The molecule has 0 spiro atoms. The Morgan fingerprint density at radius 2 is 2.06 bits per heavy atom. The van der Waals surface area contributed by atoms with Crippen molar-refractivity contribution >= 4 is 15.9 Å². The number of rotatable bonds is 3. The number of hydrogen-bond acceptors (Lipinski definition) is 3. The molecule has 1 N–H and O–H groups in total. The molecule has 0 aliphatic rings. The molecule has 3 nitrogen and oxygen atoms in total. The summed E-state index contributed by atoms with van der Waals surface area (Å²) in [6, 6.07) is 7.83. The summed E-state index contributed by atoms with van der Waals surface area (Å²) in [5, 5.41) is 9.98. The molecular formula is C12H11BrN2O. The van der Waals surface area contributed by atoms with Gasteiger partial charge in [0, 0.05) is 23.3 Å². The van der Waals surface area contributed by atoms with Gasteiger partial charge in [-0.3, -0.25) is 9.97 Å². The SMILES string of the molecule is OC(Cc1ccccc1Br)c1cnccn1. The Labute approximate surface area is 102 Å².